The van der Waals surface area contributed by atoms with Crippen molar-refractivity contribution >= 4 is 5.69 Å². The summed E-state index contributed by atoms with van der Waals surface area (Å²) in [5, 5.41) is 3.52. The van der Waals surface area contributed by atoms with Crippen molar-refractivity contribution in [3.05, 3.63) is 53.6 Å². The van der Waals surface area contributed by atoms with E-state index in [9.17, 15) is 0 Å². The summed E-state index contributed by atoms with van der Waals surface area (Å²) in [5.74, 6) is 0. The third-order valence-corrected chi connectivity index (χ3v) is 5.23. The molecule has 1 atom stereocenters. The fraction of sp³-hybridized carbons (Fsp3) is 0.429. The van der Waals surface area contributed by atoms with Crippen molar-refractivity contribution in [3.63, 3.8) is 0 Å². The van der Waals surface area contributed by atoms with Gasteiger partial charge in [-0.1, -0.05) is 24.3 Å². The third-order valence-electron chi connectivity index (χ3n) is 5.23. The lowest BCUT2D eigenvalue weighted by atomic mass is 9.99. The Balaban J connectivity index is 1.63. The highest BCUT2D eigenvalue weighted by Gasteiger charge is 2.30. The van der Waals surface area contributed by atoms with Gasteiger partial charge in [0.2, 0.25) is 0 Å². The number of benzene rings is 2. The molecular formula is C21H27N3. The van der Waals surface area contributed by atoms with Gasteiger partial charge in [-0.25, -0.2) is 0 Å². The van der Waals surface area contributed by atoms with E-state index in [4.69, 9.17) is 0 Å². The van der Waals surface area contributed by atoms with Crippen LogP contribution in [0.2, 0.25) is 0 Å². The van der Waals surface area contributed by atoms with E-state index in [0.717, 1.165) is 26.2 Å². The Labute approximate surface area is 145 Å². The van der Waals surface area contributed by atoms with E-state index < -0.39 is 0 Å². The minimum atomic E-state index is 0.685. The average molecular weight is 321 g/mol. The van der Waals surface area contributed by atoms with Gasteiger partial charge < -0.3 is 15.1 Å². The summed E-state index contributed by atoms with van der Waals surface area (Å²) < 4.78 is 0. The molecule has 1 fully saturated rings. The van der Waals surface area contributed by atoms with E-state index in [1.54, 1.807) is 0 Å². The molecule has 0 spiro atoms. The van der Waals surface area contributed by atoms with Crippen LogP contribution in [0, 0.1) is 0 Å². The molecule has 24 heavy (non-hydrogen) atoms. The molecule has 1 saturated heterocycles. The molecule has 2 aromatic carbocycles. The van der Waals surface area contributed by atoms with Gasteiger partial charge in [-0.2, -0.15) is 0 Å². The maximum atomic E-state index is 3.52. The van der Waals surface area contributed by atoms with Crippen molar-refractivity contribution in [1.82, 2.24) is 10.2 Å². The predicted octanol–water partition coefficient (Wildman–Crippen LogP) is 3.14. The number of hydrogen-bond donors (Lipinski definition) is 1. The molecule has 4 rings (SSSR count). The zero-order valence-electron chi connectivity index (χ0n) is 14.8. The number of nitrogens with zero attached hydrogens (tertiary/aromatic N) is 2. The van der Waals surface area contributed by atoms with Crippen LogP contribution in [0.3, 0.4) is 0 Å². The number of fused-ring (bicyclic) bond motifs is 3. The molecule has 0 aliphatic carbocycles. The van der Waals surface area contributed by atoms with Crippen LogP contribution in [0.4, 0.5) is 5.69 Å². The highest BCUT2D eigenvalue weighted by atomic mass is 15.2. The second kappa shape index (κ2) is 6.58. The average Bonchev–Trinajstić information content (AvgIpc) is 2.74. The first-order chi connectivity index (χ1) is 11.7. The van der Waals surface area contributed by atoms with Crippen molar-refractivity contribution < 1.29 is 0 Å². The van der Waals surface area contributed by atoms with Gasteiger partial charge in [0, 0.05) is 31.4 Å². The zero-order valence-corrected chi connectivity index (χ0v) is 14.8. The Bertz CT molecular complexity index is 723. The van der Waals surface area contributed by atoms with Gasteiger partial charge in [0.05, 0.1) is 0 Å². The third kappa shape index (κ3) is 3.06. The summed E-state index contributed by atoms with van der Waals surface area (Å²) in [7, 11) is 4.24. The zero-order chi connectivity index (χ0) is 16.5. The molecule has 0 aromatic heterocycles. The van der Waals surface area contributed by atoms with Crippen molar-refractivity contribution in [2.75, 3.05) is 38.6 Å². The molecule has 0 amide bonds. The molecule has 0 radical (unpaired) electrons. The molecule has 3 heteroatoms. The van der Waals surface area contributed by atoms with Gasteiger partial charge in [0.15, 0.2) is 0 Å². The topological polar surface area (TPSA) is 18.5 Å². The van der Waals surface area contributed by atoms with Crippen LogP contribution in [0.25, 0.3) is 11.1 Å². The van der Waals surface area contributed by atoms with Gasteiger partial charge in [-0.3, -0.25) is 0 Å². The summed E-state index contributed by atoms with van der Waals surface area (Å²) in [6, 6.07) is 16.7. The van der Waals surface area contributed by atoms with Crippen LogP contribution in [0.5, 0.6) is 0 Å². The minimum absolute atomic E-state index is 0.685. The Morgan fingerprint density at radius 3 is 2.83 bits per heavy atom. The van der Waals surface area contributed by atoms with Gasteiger partial charge >= 0.3 is 0 Å². The molecule has 2 heterocycles. The fourth-order valence-corrected chi connectivity index (χ4v) is 4.14. The molecule has 2 aromatic rings. The van der Waals surface area contributed by atoms with E-state index in [1.807, 2.05) is 0 Å². The van der Waals surface area contributed by atoms with Crippen LogP contribution in [0.15, 0.2) is 42.5 Å². The summed E-state index contributed by atoms with van der Waals surface area (Å²) in [6.07, 6.45) is 2.45. The second-order valence-corrected chi connectivity index (χ2v) is 7.37. The van der Waals surface area contributed by atoms with Crippen LogP contribution in [-0.4, -0.2) is 44.7 Å². The Hall–Kier alpha value is -1.84. The Morgan fingerprint density at radius 1 is 1.08 bits per heavy atom. The molecule has 1 N–H and O–H groups in total. The number of nitrogens with one attached hydrogen (secondary N) is 1. The molecule has 0 bridgehead atoms. The predicted molar refractivity (Wildman–Crippen MR) is 102 cm³/mol. The largest absolute Gasteiger partial charge is 0.367 e. The van der Waals surface area contributed by atoms with Gasteiger partial charge in [0.25, 0.3) is 0 Å². The standard InChI is InChI=1S/C21H27N3/c1-23(2)15-16-4-3-5-17(12-16)18-6-7-21-19(13-18)14-20-8-9-22-10-11-24(20)21/h3-7,12-13,20,22H,8-11,14-15H2,1-2H3. The molecule has 2 aliphatic rings. The van der Waals surface area contributed by atoms with Crippen molar-refractivity contribution in [2.45, 2.75) is 25.4 Å². The van der Waals surface area contributed by atoms with E-state index >= 15 is 0 Å². The van der Waals surface area contributed by atoms with Crippen LogP contribution in [0.1, 0.15) is 17.5 Å². The molecule has 0 saturated carbocycles. The van der Waals surface area contributed by atoms with Crippen molar-refractivity contribution in [2.24, 2.45) is 0 Å². The molecule has 2 aliphatic heterocycles. The van der Waals surface area contributed by atoms with Crippen molar-refractivity contribution in [1.29, 1.82) is 0 Å². The van der Waals surface area contributed by atoms with Crippen LogP contribution >= 0.6 is 0 Å². The van der Waals surface area contributed by atoms with Gasteiger partial charge in [-0.05, 0) is 73.9 Å². The lowest BCUT2D eigenvalue weighted by Crippen LogP contribution is -2.32. The van der Waals surface area contributed by atoms with Gasteiger partial charge in [0.1, 0.15) is 0 Å². The quantitative estimate of drug-likeness (QED) is 0.937. The smallest absolute Gasteiger partial charge is 0.0403 e. The molecule has 1 unspecified atom stereocenters. The summed E-state index contributed by atoms with van der Waals surface area (Å²) in [6.45, 7) is 4.37. The first-order valence-corrected chi connectivity index (χ1v) is 9.05. The summed E-state index contributed by atoms with van der Waals surface area (Å²) >= 11 is 0. The lowest BCUT2D eigenvalue weighted by Gasteiger charge is -2.24. The minimum Gasteiger partial charge on any atom is -0.367 e. The van der Waals surface area contributed by atoms with E-state index in [0.29, 0.717) is 6.04 Å². The molecule has 126 valence electrons. The van der Waals surface area contributed by atoms with E-state index in [2.05, 4.69) is 71.7 Å². The normalized spacial score (nSPS) is 20.0. The SMILES string of the molecule is CN(C)Cc1cccc(-c2ccc3c(c2)CC2CCNCCN32)c1. The Morgan fingerprint density at radius 2 is 1.96 bits per heavy atom. The number of hydrogen-bond acceptors (Lipinski definition) is 3. The Kier molecular flexibility index (Phi) is 4.30. The first kappa shape index (κ1) is 15.7. The fourth-order valence-electron chi connectivity index (χ4n) is 4.14. The van der Waals surface area contributed by atoms with E-state index in [-0.39, 0.29) is 0 Å². The highest BCUT2D eigenvalue weighted by Crippen LogP contribution is 2.36. The van der Waals surface area contributed by atoms with Crippen LogP contribution < -0.4 is 10.2 Å². The van der Waals surface area contributed by atoms with Gasteiger partial charge in [-0.15, -0.1) is 0 Å². The summed E-state index contributed by atoms with van der Waals surface area (Å²) in [5.41, 5.74) is 7.04. The summed E-state index contributed by atoms with van der Waals surface area (Å²) in [4.78, 5) is 4.83. The van der Waals surface area contributed by atoms with Crippen molar-refractivity contribution in [3.8, 4) is 11.1 Å². The molecule has 3 nitrogen and oxygen atoms in total. The lowest BCUT2D eigenvalue weighted by molar-refractivity contribution is 0.402. The number of rotatable bonds is 3. The van der Waals surface area contributed by atoms with E-state index in [1.165, 1.54) is 40.8 Å². The maximum absolute atomic E-state index is 3.52. The maximum Gasteiger partial charge on any atom is 0.0403 e. The van der Waals surface area contributed by atoms with Crippen LogP contribution in [-0.2, 0) is 13.0 Å². The highest BCUT2D eigenvalue weighted by molar-refractivity contribution is 5.71. The second-order valence-electron chi connectivity index (χ2n) is 7.37. The monoisotopic (exact) mass is 321 g/mol. The molecular weight excluding hydrogens is 294 g/mol. The number of anilines is 1. The first-order valence-electron chi connectivity index (χ1n) is 9.05.